The van der Waals surface area contributed by atoms with Gasteiger partial charge in [0.1, 0.15) is 30.7 Å². The van der Waals surface area contributed by atoms with Crippen LogP contribution >= 0.6 is 0 Å². The Morgan fingerprint density at radius 1 is 0.809 bits per heavy atom. The lowest BCUT2D eigenvalue weighted by molar-refractivity contribution is -0.140. The van der Waals surface area contributed by atoms with Crippen molar-refractivity contribution in [3.05, 3.63) is 126 Å². The van der Waals surface area contributed by atoms with Gasteiger partial charge in [-0.3, -0.25) is 13.9 Å². The number of ether oxygens (including phenoxy) is 2. The molecule has 4 aromatic rings. The number of hydrogen-bond acceptors (Lipinski definition) is 6. The Morgan fingerprint density at radius 3 is 2.02 bits per heavy atom. The van der Waals surface area contributed by atoms with Gasteiger partial charge in [0, 0.05) is 19.0 Å². The third kappa shape index (κ3) is 10.3. The van der Waals surface area contributed by atoms with Crippen LogP contribution in [0.3, 0.4) is 0 Å². The molecule has 10 heteroatoms. The van der Waals surface area contributed by atoms with Crippen molar-refractivity contribution < 1.29 is 27.5 Å². The molecule has 0 aliphatic heterocycles. The zero-order valence-corrected chi connectivity index (χ0v) is 28.2. The van der Waals surface area contributed by atoms with Gasteiger partial charge in [0.25, 0.3) is 0 Å². The zero-order valence-electron chi connectivity index (χ0n) is 27.3. The highest BCUT2D eigenvalue weighted by Gasteiger charge is 2.33. The highest BCUT2D eigenvalue weighted by atomic mass is 32.2. The number of sulfonamides is 1. The van der Waals surface area contributed by atoms with Gasteiger partial charge in [-0.15, -0.1) is 0 Å². The van der Waals surface area contributed by atoms with Crippen molar-refractivity contribution in [2.24, 2.45) is 0 Å². The number of amides is 2. The lowest BCUT2D eigenvalue weighted by Crippen LogP contribution is -2.54. The second kappa shape index (κ2) is 16.6. The molecule has 1 N–H and O–H groups in total. The molecule has 0 radical (unpaired) electrons. The summed E-state index contributed by atoms with van der Waals surface area (Å²) in [6.45, 7) is 3.79. The fourth-order valence-electron chi connectivity index (χ4n) is 5.03. The minimum atomic E-state index is -3.90. The van der Waals surface area contributed by atoms with E-state index in [9.17, 15) is 18.0 Å². The smallest absolute Gasteiger partial charge is 0.244 e. The van der Waals surface area contributed by atoms with Gasteiger partial charge in [0.15, 0.2) is 0 Å². The summed E-state index contributed by atoms with van der Waals surface area (Å²) in [4.78, 5) is 29.7. The molecule has 2 unspecified atom stereocenters. The predicted molar refractivity (Wildman–Crippen MR) is 185 cm³/mol. The van der Waals surface area contributed by atoms with E-state index in [0.717, 1.165) is 27.3 Å². The van der Waals surface area contributed by atoms with E-state index in [0.29, 0.717) is 30.2 Å². The molecule has 0 fully saturated rings. The normalized spacial score (nSPS) is 12.4. The van der Waals surface area contributed by atoms with Crippen LogP contribution in [0.1, 0.15) is 37.0 Å². The maximum atomic E-state index is 14.3. The number of rotatable bonds is 16. The largest absolute Gasteiger partial charge is 0.497 e. The highest BCUT2D eigenvalue weighted by Crippen LogP contribution is 2.24. The maximum Gasteiger partial charge on any atom is 0.244 e. The first-order chi connectivity index (χ1) is 22.6. The molecule has 9 nitrogen and oxygen atoms in total. The van der Waals surface area contributed by atoms with Gasteiger partial charge in [0.05, 0.1) is 19.1 Å². The summed E-state index contributed by atoms with van der Waals surface area (Å²) in [5.74, 6) is 0.320. The van der Waals surface area contributed by atoms with Gasteiger partial charge < -0.3 is 19.7 Å². The molecule has 2 amide bonds. The Labute approximate surface area is 278 Å². The number of nitrogens with one attached hydrogen (secondary N) is 1. The first-order valence-corrected chi connectivity index (χ1v) is 17.4. The van der Waals surface area contributed by atoms with E-state index in [1.54, 1.807) is 43.5 Å². The maximum absolute atomic E-state index is 14.3. The zero-order chi connectivity index (χ0) is 33.8. The van der Waals surface area contributed by atoms with Crippen LogP contribution in [0.5, 0.6) is 11.5 Å². The summed E-state index contributed by atoms with van der Waals surface area (Å²) < 4.78 is 38.6. The monoisotopic (exact) mass is 657 g/mol. The van der Waals surface area contributed by atoms with E-state index in [2.05, 4.69) is 5.32 Å². The Hall–Kier alpha value is -4.83. The third-order valence-electron chi connectivity index (χ3n) is 7.81. The van der Waals surface area contributed by atoms with Crippen molar-refractivity contribution in [2.45, 2.75) is 51.9 Å². The van der Waals surface area contributed by atoms with Crippen LogP contribution in [-0.2, 0) is 39.2 Å². The molecule has 0 bridgehead atoms. The number of hydrogen-bond donors (Lipinski definition) is 1. The van der Waals surface area contributed by atoms with Gasteiger partial charge in [-0.25, -0.2) is 8.42 Å². The number of carbonyl (C=O) groups excluding carboxylic acids is 2. The first kappa shape index (κ1) is 35.0. The van der Waals surface area contributed by atoms with E-state index in [1.807, 2.05) is 86.6 Å². The Balaban J connectivity index is 1.66. The third-order valence-corrected chi connectivity index (χ3v) is 8.95. The summed E-state index contributed by atoms with van der Waals surface area (Å²) in [5, 5.41) is 3.04. The fraction of sp³-hybridized carbons (Fsp3) is 0.297. The number of anilines is 1. The lowest BCUT2D eigenvalue weighted by atomic mass is 10.0. The Morgan fingerprint density at radius 2 is 1.43 bits per heavy atom. The van der Waals surface area contributed by atoms with Crippen LogP contribution < -0.4 is 19.1 Å². The van der Waals surface area contributed by atoms with Crippen molar-refractivity contribution in [1.82, 2.24) is 10.2 Å². The predicted octanol–water partition coefficient (Wildman–Crippen LogP) is 5.60. The Kier molecular flexibility index (Phi) is 12.4. The minimum absolute atomic E-state index is 0.0608. The highest BCUT2D eigenvalue weighted by molar-refractivity contribution is 7.92. The van der Waals surface area contributed by atoms with Crippen molar-refractivity contribution >= 4 is 27.5 Å². The first-order valence-electron chi connectivity index (χ1n) is 15.6. The molecular weight excluding hydrogens is 614 g/mol. The standard InChI is InChI=1S/C37H43N3O6S/c1-5-28(2)38-37(42)35(24-29-13-8-6-9-14-29)39(25-31-17-12-18-34(23-31)45-3)36(41)26-40(47(4,43)44)32-19-21-33(22-20-32)46-27-30-15-10-7-11-16-30/h6-23,28,35H,5,24-27H2,1-4H3,(H,38,42). The van der Waals surface area contributed by atoms with Crippen LogP contribution in [0.15, 0.2) is 109 Å². The number of benzene rings is 4. The van der Waals surface area contributed by atoms with Crippen molar-refractivity contribution in [1.29, 1.82) is 0 Å². The molecule has 4 rings (SSSR count). The van der Waals surface area contributed by atoms with Crippen LogP contribution in [0.4, 0.5) is 5.69 Å². The average molecular weight is 658 g/mol. The molecule has 2 atom stereocenters. The van der Waals surface area contributed by atoms with Crippen molar-refractivity contribution in [3.63, 3.8) is 0 Å². The van der Waals surface area contributed by atoms with E-state index in [4.69, 9.17) is 9.47 Å². The van der Waals surface area contributed by atoms with Crippen LogP contribution in [0.25, 0.3) is 0 Å². The van der Waals surface area contributed by atoms with E-state index < -0.39 is 28.5 Å². The number of carbonyl (C=O) groups is 2. The van der Waals surface area contributed by atoms with Gasteiger partial charge in [-0.2, -0.15) is 0 Å². The summed E-state index contributed by atoms with van der Waals surface area (Å²) in [7, 11) is -2.34. The minimum Gasteiger partial charge on any atom is -0.497 e. The second-order valence-electron chi connectivity index (χ2n) is 11.4. The van der Waals surface area contributed by atoms with Gasteiger partial charge in [-0.1, -0.05) is 79.7 Å². The summed E-state index contributed by atoms with van der Waals surface area (Å²) in [6, 6.07) is 31.9. The molecule has 0 spiro atoms. The molecule has 0 aliphatic rings. The summed E-state index contributed by atoms with van der Waals surface area (Å²) in [6.07, 6.45) is 2.01. The summed E-state index contributed by atoms with van der Waals surface area (Å²) in [5.41, 5.74) is 2.90. The average Bonchev–Trinajstić information content (AvgIpc) is 3.08. The number of methoxy groups -OCH3 is 1. The van der Waals surface area contributed by atoms with E-state index in [-0.39, 0.29) is 24.9 Å². The van der Waals surface area contributed by atoms with Crippen molar-refractivity contribution in [3.8, 4) is 11.5 Å². The van der Waals surface area contributed by atoms with Gasteiger partial charge >= 0.3 is 0 Å². The SMILES string of the molecule is CCC(C)NC(=O)C(Cc1ccccc1)N(Cc1cccc(OC)c1)C(=O)CN(c1ccc(OCc2ccccc2)cc1)S(C)(=O)=O. The van der Waals surface area contributed by atoms with E-state index in [1.165, 1.54) is 4.90 Å². The molecule has 248 valence electrons. The van der Waals surface area contributed by atoms with Gasteiger partial charge in [0.2, 0.25) is 21.8 Å². The van der Waals surface area contributed by atoms with E-state index >= 15 is 0 Å². The van der Waals surface area contributed by atoms with Crippen LogP contribution in [0.2, 0.25) is 0 Å². The number of nitrogens with zero attached hydrogens (tertiary/aromatic N) is 2. The van der Waals surface area contributed by atoms with Gasteiger partial charge in [-0.05, 0) is 66.4 Å². The molecule has 4 aromatic carbocycles. The Bertz CT molecular complexity index is 1700. The lowest BCUT2D eigenvalue weighted by Gasteiger charge is -2.34. The quantitative estimate of drug-likeness (QED) is 0.168. The molecule has 0 aliphatic carbocycles. The topological polar surface area (TPSA) is 105 Å². The van der Waals surface area contributed by atoms with Crippen molar-refractivity contribution in [2.75, 3.05) is 24.2 Å². The summed E-state index contributed by atoms with van der Waals surface area (Å²) >= 11 is 0. The molecule has 0 saturated carbocycles. The molecule has 0 heterocycles. The molecular formula is C37H43N3O6S. The molecule has 0 saturated heterocycles. The fourth-order valence-corrected chi connectivity index (χ4v) is 5.88. The van der Waals surface area contributed by atoms with Crippen LogP contribution in [-0.4, -0.2) is 57.1 Å². The molecule has 0 aromatic heterocycles. The second-order valence-corrected chi connectivity index (χ2v) is 13.3. The molecule has 47 heavy (non-hydrogen) atoms. The van der Waals surface area contributed by atoms with Crippen LogP contribution in [0, 0.1) is 0 Å².